The number of rotatable bonds is 3. The molecule has 0 N–H and O–H groups in total. The van der Waals surface area contributed by atoms with E-state index in [4.69, 9.17) is 4.52 Å². The molecule has 0 spiro atoms. The second kappa shape index (κ2) is 7.02. The average molecular weight is 401 g/mol. The molecule has 1 unspecified atom stereocenters. The van der Waals surface area contributed by atoms with E-state index in [0.29, 0.717) is 6.54 Å². The van der Waals surface area contributed by atoms with Gasteiger partial charge in [0.2, 0.25) is 17.6 Å². The van der Waals surface area contributed by atoms with Crippen molar-refractivity contribution in [1.82, 2.24) is 10.1 Å². The maximum atomic E-state index is 12.9. The molecule has 150 valence electrons. The first-order chi connectivity index (χ1) is 13.7. The van der Waals surface area contributed by atoms with Crippen LogP contribution in [0.3, 0.4) is 0 Å². The minimum Gasteiger partial charge on any atom is -0.339 e. The van der Waals surface area contributed by atoms with E-state index < -0.39 is 11.7 Å². The van der Waals surface area contributed by atoms with Crippen LogP contribution in [0.2, 0.25) is 0 Å². The van der Waals surface area contributed by atoms with Crippen molar-refractivity contribution in [1.29, 1.82) is 0 Å². The quantitative estimate of drug-likeness (QED) is 0.627. The van der Waals surface area contributed by atoms with Gasteiger partial charge in [0, 0.05) is 24.2 Å². The van der Waals surface area contributed by atoms with E-state index in [1.54, 1.807) is 4.90 Å². The van der Waals surface area contributed by atoms with Crippen molar-refractivity contribution in [3.05, 3.63) is 65.0 Å². The molecule has 1 aliphatic rings. The zero-order valence-corrected chi connectivity index (χ0v) is 15.8. The summed E-state index contributed by atoms with van der Waals surface area (Å²) in [6.45, 7) is 4.31. The van der Waals surface area contributed by atoms with Gasteiger partial charge in [0.25, 0.3) is 0 Å². The number of amides is 1. The van der Waals surface area contributed by atoms with E-state index in [0.717, 1.165) is 28.9 Å². The van der Waals surface area contributed by atoms with Crippen molar-refractivity contribution in [2.24, 2.45) is 0 Å². The van der Waals surface area contributed by atoms with Gasteiger partial charge in [-0.05, 0) is 37.6 Å². The van der Waals surface area contributed by atoms with Crippen molar-refractivity contribution in [2.45, 2.75) is 32.4 Å². The molecular formula is C21H18F3N3O2. The average Bonchev–Trinajstić information content (AvgIpc) is 3.28. The molecule has 2 aromatic carbocycles. The number of carbonyl (C=O) groups is 1. The van der Waals surface area contributed by atoms with Crippen molar-refractivity contribution >= 4 is 11.6 Å². The molecule has 3 aromatic rings. The van der Waals surface area contributed by atoms with Crippen molar-refractivity contribution in [3.8, 4) is 11.4 Å². The second-order valence-corrected chi connectivity index (χ2v) is 7.23. The Morgan fingerprint density at radius 1 is 1.14 bits per heavy atom. The smallest absolute Gasteiger partial charge is 0.339 e. The van der Waals surface area contributed by atoms with Gasteiger partial charge in [-0.1, -0.05) is 35.0 Å². The molecule has 0 radical (unpaired) electrons. The Morgan fingerprint density at radius 2 is 1.93 bits per heavy atom. The Hall–Kier alpha value is -3.16. The number of benzene rings is 2. The molecule has 5 nitrogen and oxygen atoms in total. The summed E-state index contributed by atoms with van der Waals surface area (Å²) in [6, 6.07) is 10.6. The number of alkyl halides is 3. The Kier molecular flexibility index (Phi) is 4.64. The third kappa shape index (κ3) is 3.74. The molecule has 1 fully saturated rings. The first-order valence-electron chi connectivity index (χ1n) is 9.11. The minimum absolute atomic E-state index is 0.0548. The molecule has 0 bridgehead atoms. The van der Waals surface area contributed by atoms with E-state index in [2.05, 4.69) is 10.1 Å². The van der Waals surface area contributed by atoms with Crippen LogP contribution in [0, 0.1) is 13.8 Å². The zero-order chi connectivity index (χ0) is 20.8. The van der Waals surface area contributed by atoms with Gasteiger partial charge in [0.15, 0.2) is 0 Å². The maximum Gasteiger partial charge on any atom is 0.416 e. The topological polar surface area (TPSA) is 59.2 Å². The normalized spacial score (nSPS) is 17.2. The molecule has 0 saturated carbocycles. The van der Waals surface area contributed by atoms with Gasteiger partial charge >= 0.3 is 6.18 Å². The predicted molar refractivity (Wildman–Crippen MR) is 100 cm³/mol. The summed E-state index contributed by atoms with van der Waals surface area (Å²) in [5, 5.41) is 3.82. The molecule has 1 aliphatic heterocycles. The molecular weight excluding hydrogens is 383 g/mol. The van der Waals surface area contributed by atoms with Crippen LogP contribution in [0.25, 0.3) is 11.4 Å². The molecule has 2 heterocycles. The molecule has 1 amide bonds. The third-order valence-corrected chi connectivity index (χ3v) is 5.01. The standard InChI is InChI=1S/C21H18F3N3O2/c1-12-6-7-17(13(2)8-12)27-11-15(10-18(27)28)20-25-19(26-29-20)14-4-3-5-16(9-14)21(22,23)24/h3-9,15H,10-11H2,1-2H3. The van der Waals surface area contributed by atoms with Gasteiger partial charge < -0.3 is 9.42 Å². The monoisotopic (exact) mass is 401 g/mol. The highest BCUT2D eigenvalue weighted by Crippen LogP contribution is 2.35. The van der Waals surface area contributed by atoms with Crippen molar-refractivity contribution < 1.29 is 22.5 Å². The lowest BCUT2D eigenvalue weighted by Crippen LogP contribution is -2.25. The largest absolute Gasteiger partial charge is 0.416 e. The van der Waals surface area contributed by atoms with Gasteiger partial charge in [0.05, 0.1) is 11.5 Å². The van der Waals surface area contributed by atoms with Gasteiger partial charge in [-0.25, -0.2) is 0 Å². The Balaban J connectivity index is 1.57. The summed E-state index contributed by atoms with van der Waals surface area (Å²) in [5.41, 5.74) is 2.37. The predicted octanol–water partition coefficient (Wildman–Crippen LogP) is 4.89. The molecule has 4 rings (SSSR count). The van der Waals surface area contributed by atoms with Crippen molar-refractivity contribution in [2.75, 3.05) is 11.4 Å². The van der Waals surface area contributed by atoms with Gasteiger partial charge in [-0.15, -0.1) is 0 Å². The van der Waals surface area contributed by atoms with E-state index in [1.807, 2.05) is 32.0 Å². The molecule has 8 heteroatoms. The van der Waals surface area contributed by atoms with Crippen LogP contribution in [0.1, 0.15) is 34.9 Å². The number of hydrogen-bond donors (Lipinski definition) is 0. The summed E-state index contributed by atoms with van der Waals surface area (Å²) in [7, 11) is 0. The van der Waals surface area contributed by atoms with E-state index >= 15 is 0 Å². The second-order valence-electron chi connectivity index (χ2n) is 7.23. The van der Waals surface area contributed by atoms with E-state index in [9.17, 15) is 18.0 Å². The van der Waals surface area contributed by atoms with Crippen LogP contribution < -0.4 is 4.90 Å². The molecule has 29 heavy (non-hydrogen) atoms. The van der Waals surface area contributed by atoms with Crippen LogP contribution >= 0.6 is 0 Å². The number of hydrogen-bond acceptors (Lipinski definition) is 4. The first-order valence-corrected chi connectivity index (χ1v) is 9.11. The lowest BCUT2D eigenvalue weighted by atomic mass is 10.1. The zero-order valence-electron chi connectivity index (χ0n) is 15.8. The third-order valence-electron chi connectivity index (χ3n) is 5.01. The van der Waals surface area contributed by atoms with Gasteiger partial charge in [-0.3, -0.25) is 4.79 Å². The Bertz CT molecular complexity index is 1080. The summed E-state index contributed by atoms with van der Waals surface area (Å²) in [4.78, 5) is 18.5. The number of halogens is 3. The molecule has 0 aliphatic carbocycles. The van der Waals surface area contributed by atoms with Crippen LogP contribution in [0.5, 0.6) is 0 Å². The fourth-order valence-corrected chi connectivity index (χ4v) is 3.57. The summed E-state index contributed by atoms with van der Waals surface area (Å²) >= 11 is 0. The number of carbonyl (C=O) groups excluding carboxylic acids is 1. The number of aromatic nitrogens is 2. The van der Waals surface area contributed by atoms with Crippen LogP contribution in [0.4, 0.5) is 18.9 Å². The molecule has 1 saturated heterocycles. The summed E-state index contributed by atoms with van der Waals surface area (Å²) < 4.78 is 44.1. The summed E-state index contributed by atoms with van der Waals surface area (Å²) in [6.07, 6.45) is -4.25. The fraction of sp³-hybridized carbons (Fsp3) is 0.286. The van der Waals surface area contributed by atoms with Crippen LogP contribution in [-0.4, -0.2) is 22.6 Å². The molecule has 1 aromatic heterocycles. The number of nitrogens with zero attached hydrogens (tertiary/aromatic N) is 3. The van der Waals surface area contributed by atoms with E-state index in [-0.39, 0.29) is 35.5 Å². The van der Waals surface area contributed by atoms with Crippen LogP contribution in [0.15, 0.2) is 47.0 Å². The van der Waals surface area contributed by atoms with Crippen molar-refractivity contribution in [3.63, 3.8) is 0 Å². The SMILES string of the molecule is Cc1ccc(N2CC(c3nc(-c4cccc(C(F)(F)F)c4)no3)CC2=O)c(C)c1. The van der Waals surface area contributed by atoms with Gasteiger partial charge in [-0.2, -0.15) is 18.2 Å². The van der Waals surface area contributed by atoms with E-state index in [1.165, 1.54) is 12.1 Å². The van der Waals surface area contributed by atoms with Gasteiger partial charge in [0.1, 0.15) is 0 Å². The van der Waals surface area contributed by atoms with Crippen LogP contribution in [-0.2, 0) is 11.0 Å². The number of anilines is 1. The fourth-order valence-electron chi connectivity index (χ4n) is 3.57. The maximum absolute atomic E-state index is 12.9. The lowest BCUT2D eigenvalue weighted by molar-refractivity contribution is -0.137. The highest BCUT2D eigenvalue weighted by Gasteiger charge is 2.36. The minimum atomic E-state index is -4.45. The first kappa shape index (κ1) is 19.2. The number of aryl methyl sites for hydroxylation is 2. The Morgan fingerprint density at radius 3 is 2.66 bits per heavy atom. The molecule has 1 atom stereocenters. The lowest BCUT2D eigenvalue weighted by Gasteiger charge is -2.19. The summed E-state index contributed by atoms with van der Waals surface area (Å²) in [5.74, 6) is -0.0439. The highest BCUT2D eigenvalue weighted by molar-refractivity contribution is 5.97. The highest BCUT2D eigenvalue weighted by atomic mass is 19.4. The Labute approximate surface area is 165 Å².